The highest BCUT2D eigenvalue weighted by Gasteiger charge is 2.31. The van der Waals surface area contributed by atoms with Crippen LogP contribution in [-0.2, 0) is 9.53 Å². The second-order valence-electron chi connectivity index (χ2n) is 7.63. The Bertz CT molecular complexity index is 1170. The third kappa shape index (κ3) is 4.23. The molecule has 32 heavy (non-hydrogen) atoms. The van der Waals surface area contributed by atoms with Crippen molar-refractivity contribution in [2.24, 2.45) is 0 Å². The Morgan fingerprint density at radius 3 is 2.16 bits per heavy atom. The van der Waals surface area contributed by atoms with Gasteiger partial charge in [0.05, 0.1) is 4.92 Å². The smallest absolute Gasteiger partial charge is 0.269 e. The summed E-state index contributed by atoms with van der Waals surface area (Å²) in [4.78, 5) is 23.0. The van der Waals surface area contributed by atoms with Crippen molar-refractivity contribution in [3.8, 4) is 0 Å². The van der Waals surface area contributed by atoms with Crippen molar-refractivity contribution in [2.45, 2.75) is 25.2 Å². The fourth-order valence-electron chi connectivity index (χ4n) is 4.11. The van der Waals surface area contributed by atoms with E-state index in [9.17, 15) is 14.9 Å². The molecule has 0 saturated carbocycles. The van der Waals surface area contributed by atoms with Gasteiger partial charge in [0.25, 0.3) is 5.69 Å². The first kappa shape index (κ1) is 21.2. The van der Waals surface area contributed by atoms with Crippen molar-refractivity contribution >= 4 is 17.7 Å². The highest BCUT2D eigenvalue weighted by molar-refractivity contribution is 5.82. The van der Waals surface area contributed by atoms with Crippen LogP contribution in [0.15, 0.2) is 102 Å². The molecule has 0 amide bonds. The normalized spacial score (nSPS) is 16.7. The van der Waals surface area contributed by atoms with E-state index in [1.165, 1.54) is 12.1 Å². The molecule has 3 aromatic carbocycles. The van der Waals surface area contributed by atoms with Gasteiger partial charge in [-0.05, 0) is 35.8 Å². The van der Waals surface area contributed by atoms with Gasteiger partial charge in [-0.1, -0.05) is 67.6 Å². The van der Waals surface area contributed by atoms with Gasteiger partial charge < -0.3 is 4.74 Å². The van der Waals surface area contributed by atoms with E-state index in [0.717, 1.165) is 29.4 Å². The molecule has 0 radical (unpaired) electrons. The van der Waals surface area contributed by atoms with Crippen molar-refractivity contribution in [2.75, 3.05) is 0 Å². The second-order valence-corrected chi connectivity index (χ2v) is 7.63. The largest absolute Gasteiger partial charge is 0.460 e. The number of aldehydes is 1. The zero-order valence-corrected chi connectivity index (χ0v) is 17.7. The summed E-state index contributed by atoms with van der Waals surface area (Å²) in [6, 6.07) is 26.1. The average Bonchev–Trinajstić information content (AvgIpc) is 2.85. The van der Waals surface area contributed by atoms with E-state index < -0.39 is 4.92 Å². The molecule has 0 aliphatic carbocycles. The second kappa shape index (κ2) is 9.43. The Morgan fingerprint density at radius 1 is 0.969 bits per heavy atom. The minimum absolute atomic E-state index is 0.0184. The Morgan fingerprint density at radius 2 is 1.59 bits per heavy atom. The summed E-state index contributed by atoms with van der Waals surface area (Å²) < 4.78 is 6.38. The summed E-state index contributed by atoms with van der Waals surface area (Å²) in [5.74, 6) is 0.840. The highest BCUT2D eigenvalue weighted by Crippen LogP contribution is 2.43. The molecule has 0 unspecified atom stereocenters. The minimum atomic E-state index is -0.426. The maximum absolute atomic E-state index is 12.3. The van der Waals surface area contributed by atoms with Crippen LogP contribution in [0.25, 0.3) is 5.76 Å². The van der Waals surface area contributed by atoms with Crippen LogP contribution in [0, 0.1) is 10.1 Å². The Kier molecular flexibility index (Phi) is 6.26. The molecule has 5 nitrogen and oxygen atoms in total. The molecule has 1 aliphatic heterocycles. The van der Waals surface area contributed by atoms with E-state index in [0.29, 0.717) is 17.1 Å². The molecule has 2 atom stereocenters. The maximum Gasteiger partial charge on any atom is 0.269 e. The van der Waals surface area contributed by atoms with Crippen LogP contribution in [0.4, 0.5) is 5.69 Å². The first-order chi connectivity index (χ1) is 15.6. The predicted molar refractivity (Wildman–Crippen MR) is 124 cm³/mol. The monoisotopic (exact) mass is 425 g/mol. The summed E-state index contributed by atoms with van der Waals surface area (Å²) in [6.07, 6.45) is 3.56. The summed E-state index contributed by atoms with van der Waals surface area (Å²) in [5, 5.41) is 11.1. The number of nitro groups is 1. The van der Waals surface area contributed by atoms with E-state index in [4.69, 9.17) is 4.74 Å². The third-order valence-electron chi connectivity index (χ3n) is 5.73. The van der Waals surface area contributed by atoms with E-state index in [2.05, 4.69) is 6.92 Å². The zero-order valence-electron chi connectivity index (χ0n) is 17.7. The number of non-ortho nitro benzene ring substituents is 1. The van der Waals surface area contributed by atoms with Gasteiger partial charge in [0.1, 0.15) is 17.8 Å². The third-order valence-corrected chi connectivity index (χ3v) is 5.73. The molecular weight excluding hydrogens is 402 g/mol. The number of ether oxygens (including phenoxy) is 1. The van der Waals surface area contributed by atoms with Gasteiger partial charge >= 0.3 is 0 Å². The van der Waals surface area contributed by atoms with Crippen molar-refractivity contribution in [1.82, 2.24) is 0 Å². The first-order valence-electron chi connectivity index (χ1n) is 10.6. The van der Waals surface area contributed by atoms with E-state index in [1.807, 2.05) is 66.7 Å². The lowest BCUT2D eigenvalue weighted by molar-refractivity contribution is -0.384. The number of carbonyl (C=O) groups excluding carboxylic acids is 1. The van der Waals surface area contributed by atoms with Crippen LogP contribution >= 0.6 is 0 Å². The summed E-state index contributed by atoms with van der Waals surface area (Å²) >= 11 is 0. The van der Waals surface area contributed by atoms with Gasteiger partial charge in [0.15, 0.2) is 0 Å². The van der Waals surface area contributed by atoms with Crippen LogP contribution in [-0.4, -0.2) is 11.2 Å². The van der Waals surface area contributed by atoms with Gasteiger partial charge in [0, 0.05) is 35.1 Å². The number of allylic oxidation sites excluding steroid dienone is 3. The molecule has 1 heterocycles. The van der Waals surface area contributed by atoms with E-state index >= 15 is 0 Å². The van der Waals surface area contributed by atoms with Crippen LogP contribution in [0.5, 0.6) is 0 Å². The van der Waals surface area contributed by atoms with Crippen LogP contribution in [0.3, 0.4) is 0 Å². The number of carbonyl (C=O) groups is 1. The lowest BCUT2D eigenvalue weighted by Gasteiger charge is -2.30. The molecule has 160 valence electrons. The standard InChI is InChI=1S/C27H23NO4/c1-2-23(19-9-5-3-6-10-19)27-25(18-29)24(20-11-7-4-8-12-20)17-26(32-27)21-13-15-22(16-14-21)28(30)31/h3-18,23-24H,2H2,1H3/t23-,24+/m1/s1. The fourth-order valence-corrected chi connectivity index (χ4v) is 4.11. The number of hydrogen-bond acceptors (Lipinski definition) is 4. The Balaban J connectivity index is 1.84. The van der Waals surface area contributed by atoms with Crippen LogP contribution in [0.2, 0.25) is 0 Å². The van der Waals surface area contributed by atoms with E-state index in [-0.39, 0.29) is 17.5 Å². The van der Waals surface area contributed by atoms with Crippen molar-refractivity contribution in [3.63, 3.8) is 0 Å². The van der Waals surface area contributed by atoms with Crippen LogP contribution < -0.4 is 0 Å². The quantitative estimate of drug-likeness (QED) is 0.250. The number of nitro benzene ring substituents is 1. The molecule has 3 aromatic rings. The van der Waals surface area contributed by atoms with Crippen molar-refractivity contribution in [1.29, 1.82) is 0 Å². The zero-order chi connectivity index (χ0) is 22.5. The van der Waals surface area contributed by atoms with Gasteiger partial charge in [-0.3, -0.25) is 14.9 Å². The molecule has 1 aliphatic rings. The summed E-state index contributed by atoms with van der Waals surface area (Å²) in [6.45, 7) is 2.07. The molecule has 0 N–H and O–H groups in total. The van der Waals surface area contributed by atoms with Gasteiger partial charge in [-0.15, -0.1) is 0 Å². The van der Waals surface area contributed by atoms with Crippen LogP contribution in [0.1, 0.15) is 41.9 Å². The number of hydrogen-bond donors (Lipinski definition) is 0. The molecule has 0 bridgehead atoms. The molecular formula is C27H23NO4. The molecule has 0 fully saturated rings. The first-order valence-corrected chi connectivity index (χ1v) is 10.6. The lowest BCUT2D eigenvalue weighted by Crippen LogP contribution is -2.17. The molecule has 0 spiro atoms. The highest BCUT2D eigenvalue weighted by atomic mass is 16.6. The van der Waals surface area contributed by atoms with Gasteiger partial charge in [-0.2, -0.15) is 0 Å². The Labute approximate surface area is 186 Å². The van der Waals surface area contributed by atoms with Crippen molar-refractivity contribution < 1.29 is 14.5 Å². The average molecular weight is 425 g/mol. The topological polar surface area (TPSA) is 69.4 Å². The lowest BCUT2D eigenvalue weighted by atomic mass is 9.83. The van der Waals surface area contributed by atoms with Gasteiger partial charge in [0.2, 0.25) is 0 Å². The molecule has 0 aromatic heterocycles. The number of rotatable bonds is 7. The predicted octanol–water partition coefficient (Wildman–Crippen LogP) is 6.40. The minimum Gasteiger partial charge on any atom is -0.460 e. The number of benzene rings is 3. The molecule has 4 rings (SSSR count). The maximum atomic E-state index is 12.3. The molecule has 0 saturated heterocycles. The Hall–Kier alpha value is -3.99. The molecule has 5 heteroatoms. The number of nitrogens with zero attached hydrogens (tertiary/aromatic N) is 1. The van der Waals surface area contributed by atoms with E-state index in [1.54, 1.807) is 12.1 Å². The van der Waals surface area contributed by atoms with Gasteiger partial charge in [-0.25, -0.2) is 0 Å². The summed E-state index contributed by atoms with van der Waals surface area (Å²) in [7, 11) is 0. The SMILES string of the molecule is CC[C@@H](C1=C(C=O)[C@H](c2ccccc2)C=C(c2ccc([N+](=O)[O-])cc2)O1)c1ccccc1. The summed E-state index contributed by atoms with van der Waals surface area (Å²) in [5.41, 5.74) is 3.39. The van der Waals surface area contributed by atoms with Crippen molar-refractivity contribution in [3.05, 3.63) is 129 Å². The fraction of sp³-hybridized carbons (Fsp3) is 0.148.